The number of carbonyl (C=O) groups is 3. The Hall–Kier alpha value is -3.04. The molecule has 162 valence electrons. The summed E-state index contributed by atoms with van der Waals surface area (Å²) in [5.41, 5.74) is 2.21. The molecule has 31 heavy (non-hydrogen) atoms. The smallest absolute Gasteiger partial charge is 0.350 e. The molecule has 2 aromatic heterocycles. The van der Waals surface area contributed by atoms with Crippen LogP contribution in [0, 0.1) is 6.92 Å². The molecule has 0 aliphatic heterocycles. The van der Waals surface area contributed by atoms with Gasteiger partial charge in [0, 0.05) is 0 Å². The molecule has 3 rings (SSSR count). The molecule has 0 fully saturated rings. The number of hydrogen-bond donors (Lipinski definition) is 0. The van der Waals surface area contributed by atoms with E-state index in [-0.39, 0.29) is 19.6 Å². The molecule has 3 aromatic rings. The van der Waals surface area contributed by atoms with E-state index in [0.29, 0.717) is 15.7 Å². The first kappa shape index (κ1) is 22.6. The van der Waals surface area contributed by atoms with Gasteiger partial charge in [0.15, 0.2) is 11.7 Å². The summed E-state index contributed by atoms with van der Waals surface area (Å²) >= 11 is 2.57. The van der Waals surface area contributed by atoms with Gasteiger partial charge in [0.05, 0.1) is 25.3 Å². The normalized spacial score (nSPS) is 10.5. The highest BCUT2D eigenvalue weighted by Crippen LogP contribution is 2.28. The minimum atomic E-state index is -0.478. The number of thiophene rings is 1. The molecule has 0 unspecified atom stereocenters. The van der Waals surface area contributed by atoms with Crippen molar-refractivity contribution >= 4 is 45.7 Å². The number of benzene rings is 1. The monoisotopic (exact) mass is 458 g/mol. The molecular formula is C22H22N2O5S2. The number of aromatic nitrogens is 1. The molecule has 0 N–H and O–H groups in total. The molecule has 0 bridgehead atoms. The van der Waals surface area contributed by atoms with Crippen LogP contribution in [0.25, 0.3) is 0 Å². The molecule has 1 aromatic carbocycles. The van der Waals surface area contributed by atoms with Crippen LogP contribution in [0.5, 0.6) is 0 Å². The zero-order chi connectivity index (χ0) is 22.2. The number of aryl methyl sites for hydroxylation is 1. The van der Waals surface area contributed by atoms with E-state index in [1.807, 2.05) is 47.2 Å². The predicted molar refractivity (Wildman–Crippen MR) is 119 cm³/mol. The molecule has 0 aliphatic rings. The third-order valence-electron chi connectivity index (χ3n) is 4.25. The summed E-state index contributed by atoms with van der Waals surface area (Å²) in [5, 5.41) is 4.09. The topological polar surface area (TPSA) is 85.8 Å². The number of amides is 1. The Morgan fingerprint density at radius 3 is 2.52 bits per heavy atom. The van der Waals surface area contributed by atoms with Crippen molar-refractivity contribution in [1.82, 2.24) is 4.98 Å². The molecule has 0 radical (unpaired) electrons. The maximum absolute atomic E-state index is 13.0. The SMILES string of the molecule is CCOC(=O)c1sc(N(Cc2ccccc2)C(=O)COC(=O)Cc2ccsc2)nc1C. The number of esters is 2. The lowest BCUT2D eigenvalue weighted by Gasteiger charge is -2.20. The summed E-state index contributed by atoms with van der Waals surface area (Å²) in [7, 11) is 0. The van der Waals surface area contributed by atoms with Gasteiger partial charge in [0.25, 0.3) is 5.91 Å². The van der Waals surface area contributed by atoms with E-state index in [9.17, 15) is 14.4 Å². The number of ether oxygens (including phenoxy) is 2. The van der Waals surface area contributed by atoms with Crippen LogP contribution >= 0.6 is 22.7 Å². The molecular weight excluding hydrogens is 436 g/mol. The molecule has 7 nitrogen and oxygen atoms in total. The fourth-order valence-corrected chi connectivity index (χ4v) is 4.39. The second-order valence-electron chi connectivity index (χ2n) is 6.57. The van der Waals surface area contributed by atoms with Crippen LogP contribution in [0.15, 0.2) is 47.2 Å². The second-order valence-corrected chi connectivity index (χ2v) is 8.32. The van der Waals surface area contributed by atoms with E-state index in [1.165, 1.54) is 16.2 Å². The van der Waals surface area contributed by atoms with Gasteiger partial charge in [-0.3, -0.25) is 14.5 Å². The zero-order valence-corrected chi connectivity index (χ0v) is 18.8. The van der Waals surface area contributed by atoms with Gasteiger partial charge in [-0.2, -0.15) is 11.3 Å². The van der Waals surface area contributed by atoms with Crippen LogP contribution < -0.4 is 4.90 Å². The molecule has 0 atom stereocenters. The second kappa shape index (κ2) is 10.8. The Kier molecular flexibility index (Phi) is 7.91. The van der Waals surface area contributed by atoms with Crippen LogP contribution in [0.4, 0.5) is 5.13 Å². The van der Waals surface area contributed by atoms with Crippen molar-refractivity contribution in [3.63, 3.8) is 0 Å². The minimum absolute atomic E-state index is 0.110. The van der Waals surface area contributed by atoms with Gasteiger partial charge in [-0.25, -0.2) is 9.78 Å². The number of anilines is 1. The fourth-order valence-electron chi connectivity index (χ4n) is 2.74. The molecule has 0 spiro atoms. The first-order valence-electron chi connectivity index (χ1n) is 9.63. The van der Waals surface area contributed by atoms with E-state index in [4.69, 9.17) is 9.47 Å². The average Bonchev–Trinajstić information content (AvgIpc) is 3.40. The highest BCUT2D eigenvalue weighted by molar-refractivity contribution is 7.17. The fraction of sp³-hybridized carbons (Fsp3) is 0.273. The summed E-state index contributed by atoms with van der Waals surface area (Å²) in [6.45, 7) is 3.49. The molecule has 2 heterocycles. The van der Waals surface area contributed by atoms with Gasteiger partial charge >= 0.3 is 11.9 Å². The molecule has 0 saturated carbocycles. The Morgan fingerprint density at radius 1 is 1.06 bits per heavy atom. The van der Waals surface area contributed by atoms with Gasteiger partial charge < -0.3 is 9.47 Å². The lowest BCUT2D eigenvalue weighted by atomic mass is 10.2. The summed E-state index contributed by atoms with van der Waals surface area (Å²) in [6, 6.07) is 11.2. The van der Waals surface area contributed by atoms with Gasteiger partial charge in [-0.1, -0.05) is 41.7 Å². The number of thiazole rings is 1. The zero-order valence-electron chi connectivity index (χ0n) is 17.2. The highest BCUT2D eigenvalue weighted by Gasteiger charge is 2.25. The number of carbonyl (C=O) groups excluding carboxylic acids is 3. The van der Waals surface area contributed by atoms with Crippen LogP contribution in [0.1, 0.15) is 33.4 Å². The van der Waals surface area contributed by atoms with Crippen molar-refractivity contribution in [2.24, 2.45) is 0 Å². The van der Waals surface area contributed by atoms with Crippen molar-refractivity contribution in [3.05, 3.63) is 68.9 Å². The lowest BCUT2D eigenvalue weighted by molar-refractivity contribution is -0.147. The minimum Gasteiger partial charge on any atom is -0.462 e. The Balaban J connectivity index is 1.76. The standard InChI is InChI=1S/C22H22N2O5S2/c1-3-28-21(27)20-15(2)23-22(31-20)24(12-16-7-5-4-6-8-16)18(25)13-29-19(26)11-17-9-10-30-14-17/h4-10,14H,3,11-13H2,1-2H3. The van der Waals surface area contributed by atoms with E-state index >= 15 is 0 Å². The van der Waals surface area contributed by atoms with Crippen LogP contribution in [-0.2, 0) is 32.0 Å². The van der Waals surface area contributed by atoms with Crippen LogP contribution in [-0.4, -0.2) is 36.0 Å². The Bertz CT molecular complexity index is 1030. The maximum atomic E-state index is 13.0. The van der Waals surface area contributed by atoms with Crippen LogP contribution in [0.2, 0.25) is 0 Å². The summed E-state index contributed by atoms with van der Waals surface area (Å²) in [6.07, 6.45) is 0.110. The third-order valence-corrected chi connectivity index (χ3v) is 6.14. The van der Waals surface area contributed by atoms with Gasteiger partial charge in [0.1, 0.15) is 4.88 Å². The first-order chi connectivity index (χ1) is 15.0. The third kappa shape index (κ3) is 6.22. The van der Waals surface area contributed by atoms with Crippen molar-refractivity contribution in [1.29, 1.82) is 0 Å². The summed E-state index contributed by atoms with van der Waals surface area (Å²) in [5.74, 6) is -1.38. The Morgan fingerprint density at radius 2 is 1.84 bits per heavy atom. The maximum Gasteiger partial charge on any atom is 0.350 e. The van der Waals surface area contributed by atoms with Crippen LogP contribution in [0.3, 0.4) is 0 Å². The highest BCUT2D eigenvalue weighted by atomic mass is 32.1. The van der Waals surface area contributed by atoms with Crippen molar-refractivity contribution in [3.8, 4) is 0 Å². The van der Waals surface area contributed by atoms with Gasteiger partial charge in [-0.05, 0) is 41.8 Å². The average molecular weight is 459 g/mol. The summed E-state index contributed by atoms with van der Waals surface area (Å²) in [4.78, 5) is 43.4. The number of nitrogens with zero attached hydrogens (tertiary/aromatic N) is 2. The van der Waals surface area contributed by atoms with Crippen molar-refractivity contribution < 1.29 is 23.9 Å². The van der Waals surface area contributed by atoms with Crippen molar-refractivity contribution in [2.45, 2.75) is 26.8 Å². The first-order valence-corrected chi connectivity index (χ1v) is 11.4. The van der Waals surface area contributed by atoms with E-state index < -0.39 is 24.5 Å². The van der Waals surface area contributed by atoms with Gasteiger partial charge in [-0.15, -0.1) is 0 Å². The number of rotatable bonds is 9. The molecule has 1 amide bonds. The lowest BCUT2D eigenvalue weighted by Crippen LogP contribution is -2.34. The van der Waals surface area contributed by atoms with E-state index in [2.05, 4.69) is 4.98 Å². The molecule has 9 heteroatoms. The Labute approximate surface area is 188 Å². The van der Waals surface area contributed by atoms with Gasteiger partial charge in [0.2, 0.25) is 0 Å². The molecule has 0 saturated heterocycles. The van der Waals surface area contributed by atoms with Crippen molar-refractivity contribution in [2.75, 3.05) is 18.1 Å². The largest absolute Gasteiger partial charge is 0.462 e. The predicted octanol–water partition coefficient (Wildman–Crippen LogP) is 4.01. The van der Waals surface area contributed by atoms with E-state index in [0.717, 1.165) is 22.5 Å². The van der Waals surface area contributed by atoms with E-state index in [1.54, 1.807) is 13.8 Å². The summed E-state index contributed by atoms with van der Waals surface area (Å²) < 4.78 is 10.3. The number of hydrogen-bond acceptors (Lipinski definition) is 8. The molecule has 0 aliphatic carbocycles. The quantitative estimate of drug-likeness (QED) is 0.451.